The van der Waals surface area contributed by atoms with Gasteiger partial charge in [-0.25, -0.2) is 8.60 Å². The van der Waals surface area contributed by atoms with E-state index in [1.165, 1.54) is 0 Å². The predicted molar refractivity (Wildman–Crippen MR) is 48.8 cm³/mol. The molecule has 1 fully saturated rings. The van der Waals surface area contributed by atoms with E-state index in [1.807, 2.05) is 0 Å². The zero-order chi connectivity index (χ0) is 10.3. The van der Waals surface area contributed by atoms with Gasteiger partial charge in [-0.15, -0.1) is 0 Å². The van der Waals surface area contributed by atoms with Crippen molar-refractivity contribution >= 4 is 25.8 Å². The van der Waals surface area contributed by atoms with Crippen LogP contribution in [0.25, 0.3) is 0 Å². The lowest BCUT2D eigenvalue weighted by atomic mass is 10.1. The summed E-state index contributed by atoms with van der Waals surface area (Å²) in [6.45, 7) is 1.63. The second-order valence-corrected chi connectivity index (χ2v) is 6.79. The van der Waals surface area contributed by atoms with Crippen LogP contribution in [0.5, 0.6) is 0 Å². The van der Waals surface area contributed by atoms with Crippen LogP contribution in [0.2, 0.25) is 0 Å². The number of alkyl halides is 1. The highest BCUT2D eigenvalue weighted by molar-refractivity contribution is 8.05. The number of rotatable bonds is 1. The molecule has 3 unspecified atom stereocenters. The first-order valence-electron chi connectivity index (χ1n) is 3.72. The Morgan fingerprint density at radius 1 is 1.54 bits per heavy atom. The molecule has 0 aromatic carbocycles. The minimum atomic E-state index is -4.33. The molecule has 3 atom stereocenters. The number of hydrogen-bond donors (Lipinski definition) is 0. The summed E-state index contributed by atoms with van der Waals surface area (Å²) in [5.74, 6) is 2.21. The molecule has 1 aliphatic heterocycles. The minimum absolute atomic E-state index is 0.135. The molecule has 4 nitrogen and oxygen atoms in total. The third-order valence-corrected chi connectivity index (χ3v) is 5.48. The van der Waals surface area contributed by atoms with E-state index < -0.39 is 31.3 Å². The zero-order valence-electron chi connectivity index (χ0n) is 7.10. The Bertz CT molecular complexity index is 383. The van der Waals surface area contributed by atoms with Gasteiger partial charge < -0.3 is 0 Å². The van der Waals surface area contributed by atoms with Gasteiger partial charge in [-0.1, -0.05) is 6.92 Å². The topological polar surface area (TPSA) is 60.4 Å². The zero-order valence-corrected chi connectivity index (χ0v) is 8.74. The maximum absolute atomic E-state index is 13.1. The molecule has 0 bridgehead atoms. The standard InChI is InChI=1S/C6H11FO4S2/c1-3-5-4-12(2,8)11-13(9,10)6(5)7/h5-6H,2-4H2,1H3. The van der Waals surface area contributed by atoms with Crippen LogP contribution in [0.15, 0.2) is 0 Å². The van der Waals surface area contributed by atoms with Gasteiger partial charge in [0.15, 0.2) is 0 Å². The molecule has 1 heterocycles. The summed E-state index contributed by atoms with van der Waals surface area (Å²) in [6.07, 6.45) is 0.302. The lowest BCUT2D eigenvalue weighted by molar-refractivity contribution is 0.285. The molecule has 0 spiro atoms. The Balaban J connectivity index is 3.09. The normalized spacial score (nSPS) is 44.5. The molecule has 0 N–H and O–H groups in total. The van der Waals surface area contributed by atoms with Gasteiger partial charge in [-0.3, -0.25) is 0 Å². The summed E-state index contributed by atoms with van der Waals surface area (Å²) >= 11 is 0. The van der Waals surface area contributed by atoms with Gasteiger partial charge >= 0.3 is 10.1 Å². The van der Waals surface area contributed by atoms with Crippen molar-refractivity contribution in [2.75, 3.05) is 5.75 Å². The average Bonchev–Trinajstić information content (AvgIpc) is 1.95. The molecule has 0 amide bonds. The van der Waals surface area contributed by atoms with Crippen LogP contribution in [0.4, 0.5) is 4.39 Å². The van der Waals surface area contributed by atoms with E-state index in [0.29, 0.717) is 6.42 Å². The van der Waals surface area contributed by atoms with Crippen molar-refractivity contribution < 1.29 is 20.6 Å². The molecule has 0 saturated carbocycles. The fourth-order valence-electron chi connectivity index (χ4n) is 1.18. The Morgan fingerprint density at radius 2 is 2.08 bits per heavy atom. The second-order valence-electron chi connectivity index (χ2n) is 2.99. The van der Waals surface area contributed by atoms with E-state index in [-0.39, 0.29) is 5.75 Å². The van der Waals surface area contributed by atoms with E-state index in [9.17, 15) is 17.0 Å². The summed E-state index contributed by atoms with van der Waals surface area (Å²) < 4.78 is 50.4. The number of hydrogen-bond acceptors (Lipinski definition) is 4. The van der Waals surface area contributed by atoms with Crippen molar-refractivity contribution in [3.63, 3.8) is 0 Å². The average molecular weight is 230 g/mol. The molecular formula is C6H11FO4S2. The summed E-state index contributed by atoms with van der Waals surface area (Å²) in [4.78, 5) is 0. The van der Waals surface area contributed by atoms with E-state index in [2.05, 4.69) is 9.50 Å². The smallest absolute Gasteiger partial charge is 0.240 e. The first-order chi connectivity index (χ1) is 5.78. The van der Waals surface area contributed by atoms with Crippen molar-refractivity contribution in [2.24, 2.45) is 5.92 Å². The van der Waals surface area contributed by atoms with Gasteiger partial charge in [0, 0.05) is 11.7 Å². The summed E-state index contributed by atoms with van der Waals surface area (Å²) in [5.41, 5.74) is -2.08. The quantitative estimate of drug-likeness (QED) is 0.608. The largest absolute Gasteiger partial charge is 0.312 e. The molecule has 13 heavy (non-hydrogen) atoms. The maximum Gasteiger partial charge on any atom is 0.312 e. The SMILES string of the molecule is C=S1(=O)CC(CC)C(F)S(=O)(=O)O1. The maximum atomic E-state index is 13.1. The van der Waals surface area contributed by atoms with Crippen LogP contribution in [0, 0.1) is 5.92 Å². The predicted octanol–water partition coefficient (Wildman–Crippen LogP) is 0.300. The van der Waals surface area contributed by atoms with Crippen molar-refractivity contribution in [3.8, 4) is 0 Å². The summed E-state index contributed by atoms with van der Waals surface area (Å²) in [7, 11) is -7.45. The van der Waals surface area contributed by atoms with Gasteiger partial charge in [0.05, 0.1) is 9.80 Å². The highest BCUT2D eigenvalue weighted by Gasteiger charge is 2.42. The molecule has 0 aromatic heterocycles. The second kappa shape index (κ2) is 3.21. The van der Waals surface area contributed by atoms with Gasteiger partial charge in [0.25, 0.3) is 0 Å². The Hall–Kier alpha value is -0.140. The Labute approximate surface area is 77.4 Å². The third-order valence-electron chi connectivity index (χ3n) is 1.86. The molecule has 0 aliphatic carbocycles. The minimum Gasteiger partial charge on any atom is -0.240 e. The van der Waals surface area contributed by atoms with Crippen molar-refractivity contribution in [3.05, 3.63) is 0 Å². The van der Waals surface area contributed by atoms with Crippen LogP contribution in [0.3, 0.4) is 0 Å². The van der Waals surface area contributed by atoms with Crippen LogP contribution >= 0.6 is 0 Å². The van der Waals surface area contributed by atoms with Gasteiger partial charge in [-0.2, -0.15) is 12.0 Å². The lowest BCUT2D eigenvalue weighted by Crippen LogP contribution is -2.39. The first-order valence-corrected chi connectivity index (χ1v) is 7.01. The van der Waals surface area contributed by atoms with Crippen LogP contribution in [-0.2, 0) is 23.6 Å². The lowest BCUT2D eigenvalue weighted by Gasteiger charge is -2.26. The molecular weight excluding hydrogens is 219 g/mol. The number of halogens is 1. The highest BCUT2D eigenvalue weighted by atomic mass is 32.3. The molecule has 1 rings (SSSR count). The van der Waals surface area contributed by atoms with Gasteiger partial charge in [0.1, 0.15) is 0 Å². The fourth-order valence-corrected chi connectivity index (χ4v) is 5.02. The monoisotopic (exact) mass is 230 g/mol. The molecule has 78 valence electrons. The molecule has 0 aromatic rings. The van der Waals surface area contributed by atoms with Crippen LogP contribution in [0.1, 0.15) is 13.3 Å². The van der Waals surface area contributed by atoms with Gasteiger partial charge in [0.2, 0.25) is 5.50 Å². The molecule has 7 heteroatoms. The van der Waals surface area contributed by atoms with Crippen molar-refractivity contribution in [1.82, 2.24) is 0 Å². The first kappa shape index (κ1) is 10.9. The highest BCUT2D eigenvalue weighted by Crippen LogP contribution is 2.28. The fraction of sp³-hybridized carbons (Fsp3) is 0.833. The van der Waals surface area contributed by atoms with Crippen LogP contribution in [-0.4, -0.2) is 29.8 Å². The Kier molecular flexibility index (Phi) is 2.70. The molecule has 1 aliphatic rings. The molecule has 0 radical (unpaired) electrons. The van der Waals surface area contributed by atoms with E-state index in [1.54, 1.807) is 6.92 Å². The van der Waals surface area contributed by atoms with Crippen LogP contribution < -0.4 is 0 Å². The van der Waals surface area contributed by atoms with E-state index >= 15 is 0 Å². The van der Waals surface area contributed by atoms with E-state index in [0.717, 1.165) is 0 Å². The summed E-state index contributed by atoms with van der Waals surface area (Å²) in [5, 5.41) is 0. The third kappa shape index (κ3) is 2.21. The van der Waals surface area contributed by atoms with Crippen molar-refractivity contribution in [1.29, 1.82) is 0 Å². The Morgan fingerprint density at radius 3 is 2.54 bits per heavy atom. The van der Waals surface area contributed by atoms with Gasteiger partial charge in [-0.05, 0) is 12.3 Å². The molecule has 1 saturated heterocycles. The summed E-state index contributed by atoms with van der Waals surface area (Å²) in [6, 6.07) is 0. The van der Waals surface area contributed by atoms with Crippen molar-refractivity contribution in [2.45, 2.75) is 18.8 Å². The van der Waals surface area contributed by atoms with E-state index in [4.69, 9.17) is 0 Å².